The van der Waals surface area contributed by atoms with Crippen LogP contribution in [0.25, 0.3) is 0 Å². The van der Waals surface area contributed by atoms with Crippen molar-refractivity contribution in [3.05, 3.63) is 0 Å². The summed E-state index contributed by atoms with van der Waals surface area (Å²) >= 11 is 2.44. The van der Waals surface area contributed by atoms with Gasteiger partial charge in [-0.25, -0.2) is 0 Å². The number of nitrogens with zero attached hydrogens (tertiary/aromatic N) is 1. The number of rotatable bonds is 2. The van der Waals surface area contributed by atoms with Crippen LogP contribution in [0.2, 0.25) is 0 Å². The Labute approximate surface area is 70.9 Å². The molecule has 0 saturated carbocycles. The highest BCUT2D eigenvalue weighted by Gasteiger charge is 2.30. The summed E-state index contributed by atoms with van der Waals surface area (Å²) in [5, 5.41) is 0. The third kappa shape index (κ3) is 1.58. The summed E-state index contributed by atoms with van der Waals surface area (Å²) in [6.07, 6.45) is 0. The summed E-state index contributed by atoms with van der Waals surface area (Å²) in [6, 6.07) is 0.847. The van der Waals surface area contributed by atoms with Crippen molar-refractivity contribution in [2.45, 2.75) is 19.9 Å². The molecule has 0 radical (unpaired) electrons. The fraction of sp³-hybridized carbons (Fsp3) is 1.00. The molecule has 0 aromatic heterocycles. The molecule has 2 heteroatoms. The minimum Gasteiger partial charge on any atom is -0.299 e. The van der Waals surface area contributed by atoms with E-state index >= 15 is 0 Å². The first kappa shape index (κ1) is 7.79. The molecular formula is C7H14IN. The van der Waals surface area contributed by atoms with Crippen LogP contribution in [-0.2, 0) is 0 Å². The van der Waals surface area contributed by atoms with Crippen molar-refractivity contribution in [2.75, 3.05) is 17.5 Å². The lowest BCUT2D eigenvalue weighted by molar-refractivity contribution is 0.0463. The van der Waals surface area contributed by atoms with E-state index in [0.29, 0.717) is 0 Å². The lowest BCUT2D eigenvalue weighted by Gasteiger charge is -2.44. The Bertz CT molecular complexity index is 92.9. The highest BCUT2D eigenvalue weighted by molar-refractivity contribution is 14.1. The average molecular weight is 239 g/mol. The molecule has 1 nitrogen and oxygen atoms in total. The van der Waals surface area contributed by atoms with Crippen LogP contribution in [0.1, 0.15) is 13.8 Å². The Balaban J connectivity index is 2.17. The number of halogens is 1. The van der Waals surface area contributed by atoms with Crippen LogP contribution in [0, 0.1) is 5.92 Å². The third-order valence-corrected chi connectivity index (χ3v) is 2.78. The van der Waals surface area contributed by atoms with E-state index in [1.54, 1.807) is 0 Å². The molecule has 54 valence electrons. The number of hydrogen-bond donors (Lipinski definition) is 0. The molecule has 9 heavy (non-hydrogen) atoms. The van der Waals surface area contributed by atoms with E-state index in [1.165, 1.54) is 17.5 Å². The van der Waals surface area contributed by atoms with Crippen LogP contribution in [0.4, 0.5) is 0 Å². The van der Waals surface area contributed by atoms with E-state index in [-0.39, 0.29) is 0 Å². The van der Waals surface area contributed by atoms with Gasteiger partial charge in [-0.15, -0.1) is 0 Å². The largest absolute Gasteiger partial charge is 0.299 e. The van der Waals surface area contributed by atoms with Gasteiger partial charge in [0.1, 0.15) is 0 Å². The van der Waals surface area contributed by atoms with Crippen molar-refractivity contribution in [3.63, 3.8) is 0 Å². The standard InChI is InChI=1S/C7H14IN/c1-6-5-9(4-3-8)7(6)2/h6-7H,3-5H2,1-2H3. The molecule has 1 rings (SSSR count). The Kier molecular flexibility index (Phi) is 2.76. The lowest BCUT2D eigenvalue weighted by atomic mass is 9.92. The smallest absolute Gasteiger partial charge is 0.0123 e. The first-order valence-electron chi connectivity index (χ1n) is 3.55. The normalized spacial score (nSPS) is 36.3. The Morgan fingerprint density at radius 2 is 2.22 bits per heavy atom. The van der Waals surface area contributed by atoms with Gasteiger partial charge in [0.2, 0.25) is 0 Å². The molecule has 0 aliphatic carbocycles. The number of hydrogen-bond acceptors (Lipinski definition) is 1. The SMILES string of the molecule is CC1CN(CCI)C1C. The zero-order valence-corrected chi connectivity index (χ0v) is 8.26. The molecule has 0 amide bonds. The molecule has 0 bridgehead atoms. The van der Waals surface area contributed by atoms with Crippen molar-refractivity contribution in [1.82, 2.24) is 4.90 Å². The molecule has 1 fully saturated rings. The van der Waals surface area contributed by atoms with Crippen molar-refractivity contribution >= 4 is 22.6 Å². The van der Waals surface area contributed by atoms with Crippen LogP contribution >= 0.6 is 22.6 Å². The molecule has 1 saturated heterocycles. The molecule has 0 aromatic carbocycles. The van der Waals surface area contributed by atoms with Crippen molar-refractivity contribution in [1.29, 1.82) is 0 Å². The van der Waals surface area contributed by atoms with Crippen LogP contribution in [0.3, 0.4) is 0 Å². The maximum atomic E-state index is 2.54. The first-order valence-corrected chi connectivity index (χ1v) is 5.08. The number of likely N-dealkylation sites (tertiary alicyclic amines) is 1. The van der Waals surface area contributed by atoms with Gasteiger partial charge < -0.3 is 0 Å². The Morgan fingerprint density at radius 1 is 1.56 bits per heavy atom. The second-order valence-electron chi connectivity index (χ2n) is 2.90. The maximum Gasteiger partial charge on any atom is 0.0123 e. The van der Waals surface area contributed by atoms with Crippen LogP contribution < -0.4 is 0 Å². The molecule has 0 spiro atoms. The van der Waals surface area contributed by atoms with Gasteiger partial charge in [-0.05, 0) is 12.8 Å². The van der Waals surface area contributed by atoms with Gasteiger partial charge >= 0.3 is 0 Å². The van der Waals surface area contributed by atoms with Crippen LogP contribution in [-0.4, -0.2) is 28.5 Å². The lowest BCUT2D eigenvalue weighted by Crippen LogP contribution is -2.53. The summed E-state index contributed by atoms with van der Waals surface area (Å²) in [5.41, 5.74) is 0. The topological polar surface area (TPSA) is 3.24 Å². The van der Waals surface area contributed by atoms with Crippen LogP contribution in [0.15, 0.2) is 0 Å². The minimum absolute atomic E-state index is 0.847. The van der Waals surface area contributed by atoms with E-state index in [2.05, 4.69) is 41.3 Å². The predicted molar refractivity (Wildman–Crippen MR) is 49.1 cm³/mol. The summed E-state index contributed by atoms with van der Waals surface area (Å²) in [7, 11) is 0. The molecular weight excluding hydrogens is 225 g/mol. The van der Waals surface area contributed by atoms with E-state index in [0.717, 1.165) is 12.0 Å². The molecule has 0 N–H and O–H groups in total. The summed E-state index contributed by atoms with van der Waals surface area (Å²) in [5.74, 6) is 0.938. The molecule has 1 heterocycles. The fourth-order valence-corrected chi connectivity index (χ4v) is 1.93. The zero-order valence-electron chi connectivity index (χ0n) is 6.10. The van der Waals surface area contributed by atoms with Gasteiger partial charge in [-0.1, -0.05) is 29.5 Å². The Morgan fingerprint density at radius 3 is 2.56 bits per heavy atom. The van der Waals surface area contributed by atoms with Gasteiger partial charge in [0.05, 0.1) is 0 Å². The second kappa shape index (κ2) is 3.19. The fourth-order valence-electron chi connectivity index (χ4n) is 1.31. The predicted octanol–water partition coefficient (Wildman–Crippen LogP) is 1.76. The summed E-state index contributed by atoms with van der Waals surface area (Å²) < 4.78 is 1.27. The average Bonchev–Trinajstić information content (AvgIpc) is 1.88. The van der Waals surface area contributed by atoms with Crippen molar-refractivity contribution in [2.24, 2.45) is 5.92 Å². The highest BCUT2D eigenvalue weighted by atomic mass is 127. The van der Waals surface area contributed by atoms with E-state index in [4.69, 9.17) is 0 Å². The zero-order chi connectivity index (χ0) is 6.85. The summed E-state index contributed by atoms with van der Waals surface area (Å²) in [4.78, 5) is 2.54. The van der Waals surface area contributed by atoms with Gasteiger partial charge in [0.15, 0.2) is 0 Å². The summed E-state index contributed by atoms with van der Waals surface area (Å²) in [6.45, 7) is 7.26. The monoisotopic (exact) mass is 239 g/mol. The third-order valence-electron chi connectivity index (χ3n) is 2.29. The second-order valence-corrected chi connectivity index (χ2v) is 3.98. The minimum atomic E-state index is 0.847. The van der Waals surface area contributed by atoms with Crippen molar-refractivity contribution < 1.29 is 0 Å². The van der Waals surface area contributed by atoms with E-state index < -0.39 is 0 Å². The highest BCUT2D eigenvalue weighted by Crippen LogP contribution is 2.22. The molecule has 2 unspecified atom stereocenters. The molecule has 1 aliphatic rings. The van der Waals surface area contributed by atoms with E-state index in [1.807, 2.05) is 0 Å². The molecule has 1 aliphatic heterocycles. The van der Waals surface area contributed by atoms with Gasteiger partial charge in [0.25, 0.3) is 0 Å². The van der Waals surface area contributed by atoms with Gasteiger partial charge in [-0.3, -0.25) is 4.90 Å². The maximum absolute atomic E-state index is 2.54. The molecule has 0 aromatic rings. The molecule has 2 atom stereocenters. The first-order chi connectivity index (χ1) is 4.25. The number of alkyl halides is 1. The Hall–Kier alpha value is 0.690. The van der Waals surface area contributed by atoms with Gasteiger partial charge in [-0.2, -0.15) is 0 Å². The van der Waals surface area contributed by atoms with E-state index in [9.17, 15) is 0 Å². The quantitative estimate of drug-likeness (QED) is 0.524. The van der Waals surface area contributed by atoms with Crippen molar-refractivity contribution in [3.8, 4) is 0 Å². The van der Waals surface area contributed by atoms with Gasteiger partial charge in [0, 0.05) is 23.6 Å². The van der Waals surface area contributed by atoms with Crippen LogP contribution in [0.5, 0.6) is 0 Å².